The molecule has 0 aliphatic carbocycles. The van der Waals surface area contributed by atoms with Crippen LogP contribution < -0.4 is 5.56 Å². The average Bonchev–Trinajstić information content (AvgIpc) is 3.14. The zero-order chi connectivity index (χ0) is 25.0. The van der Waals surface area contributed by atoms with Gasteiger partial charge in [-0.05, 0) is 99.7 Å². The number of aromatic amines is 1. The molecule has 1 N–H and O–H groups in total. The molecule has 0 bridgehead atoms. The van der Waals surface area contributed by atoms with E-state index in [1.54, 1.807) is 4.57 Å². The van der Waals surface area contributed by atoms with E-state index in [9.17, 15) is 4.79 Å². The normalized spacial score (nSPS) is 11.0. The van der Waals surface area contributed by atoms with Gasteiger partial charge in [-0.3, -0.25) is 13.9 Å². The van der Waals surface area contributed by atoms with Gasteiger partial charge in [0.05, 0.1) is 5.69 Å². The highest BCUT2D eigenvalue weighted by Crippen LogP contribution is 2.25. The van der Waals surface area contributed by atoms with Crippen molar-refractivity contribution in [3.63, 3.8) is 0 Å². The van der Waals surface area contributed by atoms with Crippen molar-refractivity contribution in [1.82, 2.24) is 19.0 Å². The van der Waals surface area contributed by atoms with E-state index in [0.29, 0.717) is 19.1 Å². The molecule has 0 amide bonds. The second-order valence-corrected chi connectivity index (χ2v) is 10.2. The zero-order valence-electron chi connectivity index (χ0n) is 20.6. The first-order valence-electron chi connectivity index (χ1n) is 11.5. The van der Waals surface area contributed by atoms with Crippen LogP contribution >= 0.6 is 35.8 Å². The van der Waals surface area contributed by atoms with Gasteiger partial charge in [0.15, 0.2) is 8.73 Å². The minimum Gasteiger partial charge on any atom is -0.316 e. The Hall–Kier alpha value is -2.39. The Kier molecular flexibility index (Phi) is 8.76. The molecule has 0 saturated carbocycles. The summed E-state index contributed by atoms with van der Waals surface area (Å²) in [4.78, 5) is 18.9. The lowest BCUT2D eigenvalue weighted by atomic mass is 10.1. The highest BCUT2D eigenvalue weighted by Gasteiger charge is 2.16. The van der Waals surface area contributed by atoms with Crippen LogP contribution in [0.1, 0.15) is 37.5 Å². The fraction of sp³-hybridized carbons (Fsp3) is 0.346. The zero-order valence-corrected chi connectivity index (χ0v) is 23.1. The lowest BCUT2D eigenvalue weighted by molar-refractivity contribution is 0.321. The smallest absolute Gasteiger partial charge is 0.278 e. The number of rotatable bonds is 5. The van der Waals surface area contributed by atoms with E-state index in [1.807, 2.05) is 41.8 Å². The summed E-state index contributed by atoms with van der Waals surface area (Å²) in [6, 6.07) is 13.8. The van der Waals surface area contributed by atoms with Crippen LogP contribution in [-0.4, -0.2) is 38.7 Å². The van der Waals surface area contributed by atoms with E-state index in [0.717, 1.165) is 16.9 Å². The van der Waals surface area contributed by atoms with Gasteiger partial charge in [0.2, 0.25) is 0 Å². The minimum atomic E-state index is -0.151. The van der Waals surface area contributed by atoms with Gasteiger partial charge >= 0.3 is 0 Å². The number of aryl methyl sites for hydroxylation is 3. The summed E-state index contributed by atoms with van der Waals surface area (Å²) in [5.74, 6) is 0. The summed E-state index contributed by atoms with van der Waals surface area (Å²) in [5, 5.41) is 0. The molecule has 34 heavy (non-hydrogen) atoms. The number of thiazole rings is 1. The fourth-order valence-corrected chi connectivity index (χ4v) is 5.39. The van der Waals surface area contributed by atoms with Gasteiger partial charge in [0.25, 0.3) is 5.56 Å². The second-order valence-electron chi connectivity index (χ2n) is 8.13. The number of aromatic nitrogens is 3. The number of benzene rings is 2. The van der Waals surface area contributed by atoms with Gasteiger partial charge in [-0.1, -0.05) is 56.4 Å². The van der Waals surface area contributed by atoms with Crippen LogP contribution in [0.5, 0.6) is 0 Å². The highest BCUT2D eigenvalue weighted by atomic mass is 32.1. The molecule has 0 spiro atoms. The third kappa shape index (κ3) is 5.30. The number of fused-ring (bicyclic) bond motifs is 1. The molecule has 0 unspecified atom stereocenters. The third-order valence-electron chi connectivity index (χ3n) is 6.08. The number of H-pyrrole nitrogens is 1. The van der Waals surface area contributed by atoms with Crippen molar-refractivity contribution in [2.45, 2.75) is 41.5 Å². The van der Waals surface area contributed by atoms with E-state index in [4.69, 9.17) is 24.4 Å². The molecule has 0 saturated heterocycles. The van der Waals surface area contributed by atoms with Crippen molar-refractivity contribution < 1.29 is 0 Å². The minimum absolute atomic E-state index is 0.151. The molecule has 5 nitrogen and oxygen atoms in total. The largest absolute Gasteiger partial charge is 0.316 e. The summed E-state index contributed by atoms with van der Waals surface area (Å²) in [5.41, 5.74) is 5.56. The molecule has 0 atom stereocenters. The monoisotopic (exact) mass is 512 g/mol. The molecule has 180 valence electrons. The topological polar surface area (TPSA) is 46.0 Å². The van der Waals surface area contributed by atoms with E-state index in [1.165, 1.54) is 42.1 Å². The van der Waals surface area contributed by atoms with Crippen LogP contribution in [0.4, 0.5) is 0 Å². The molecular weight excluding hydrogens is 481 g/mol. The molecule has 2 aromatic carbocycles. The first kappa shape index (κ1) is 26.2. The second kappa shape index (κ2) is 11.4. The number of nitrogens with zero attached hydrogens (tertiary/aromatic N) is 3. The first-order valence-corrected chi connectivity index (χ1v) is 13.1. The Morgan fingerprint density at radius 2 is 1.53 bits per heavy atom. The highest BCUT2D eigenvalue weighted by molar-refractivity contribution is 7.73. The fourth-order valence-electron chi connectivity index (χ4n) is 3.79. The Morgan fingerprint density at radius 3 is 2.09 bits per heavy atom. The van der Waals surface area contributed by atoms with E-state index < -0.39 is 0 Å². The Bertz CT molecular complexity index is 1470. The molecular formula is C26H32N4OS3. The van der Waals surface area contributed by atoms with Crippen molar-refractivity contribution in [3.8, 4) is 11.4 Å². The van der Waals surface area contributed by atoms with Crippen LogP contribution in [0.15, 0.2) is 47.3 Å². The van der Waals surface area contributed by atoms with Crippen LogP contribution in [-0.2, 0) is 0 Å². The molecule has 4 rings (SSSR count). The van der Waals surface area contributed by atoms with Gasteiger partial charge in [-0.2, -0.15) is 0 Å². The molecule has 4 aromatic rings. The summed E-state index contributed by atoms with van der Waals surface area (Å²) >= 11 is 12.4. The summed E-state index contributed by atoms with van der Waals surface area (Å²) < 4.78 is 4.96. The summed E-state index contributed by atoms with van der Waals surface area (Å²) in [6.45, 7) is 16.2. The maximum absolute atomic E-state index is 13.2. The molecule has 0 radical (unpaired) electrons. The van der Waals surface area contributed by atoms with Gasteiger partial charge in [0, 0.05) is 5.69 Å². The van der Waals surface area contributed by atoms with Crippen molar-refractivity contribution >= 4 is 46.1 Å². The van der Waals surface area contributed by atoms with Crippen molar-refractivity contribution in [1.29, 1.82) is 0 Å². The number of para-hydroxylation sites is 1. The van der Waals surface area contributed by atoms with Gasteiger partial charge in [-0.25, -0.2) is 0 Å². The van der Waals surface area contributed by atoms with Crippen molar-refractivity contribution in [2.75, 3.05) is 19.6 Å². The lowest BCUT2D eigenvalue weighted by Crippen LogP contribution is -2.21. The van der Waals surface area contributed by atoms with Crippen molar-refractivity contribution in [2.24, 2.45) is 0 Å². The quantitative estimate of drug-likeness (QED) is 0.295. The predicted octanol–water partition coefficient (Wildman–Crippen LogP) is 6.90. The molecule has 0 aliphatic rings. The number of hydrogen-bond donors (Lipinski definition) is 1. The Balaban J connectivity index is 0.000000406. The summed E-state index contributed by atoms with van der Waals surface area (Å²) in [6.07, 6.45) is 0. The van der Waals surface area contributed by atoms with Gasteiger partial charge in [-0.15, -0.1) is 0 Å². The van der Waals surface area contributed by atoms with Gasteiger partial charge < -0.3 is 9.88 Å². The van der Waals surface area contributed by atoms with Crippen LogP contribution in [0.2, 0.25) is 0 Å². The predicted molar refractivity (Wildman–Crippen MR) is 150 cm³/mol. The Labute approximate surface area is 215 Å². The molecule has 8 heteroatoms. The van der Waals surface area contributed by atoms with Crippen LogP contribution in [0.25, 0.3) is 21.7 Å². The maximum atomic E-state index is 13.2. The number of hydrogen-bond acceptors (Lipinski definition) is 5. The SMILES string of the molecule is CCN(CC)CC.Cc1ccc(-n2c(=S)sc3c(=O)n(-c4ccccc4C)c(=S)[nH]c32)cc1C. The molecule has 2 aromatic heterocycles. The molecule has 0 fully saturated rings. The van der Waals surface area contributed by atoms with Crippen LogP contribution in [0.3, 0.4) is 0 Å². The molecule has 2 heterocycles. The van der Waals surface area contributed by atoms with Gasteiger partial charge in [0.1, 0.15) is 10.3 Å². The van der Waals surface area contributed by atoms with Crippen LogP contribution in [0, 0.1) is 29.5 Å². The maximum Gasteiger partial charge on any atom is 0.278 e. The summed E-state index contributed by atoms with van der Waals surface area (Å²) in [7, 11) is 0. The standard InChI is InChI=1S/C20H17N3OS3.C6H15N/c1-11-8-9-14(10-13(11)3)22-17-16(27-20(22)26)18(24)23(19(25)21-17)15-7-5-4-6-12(15)2;1-4-7(5-2)6-3/h4-10H,1-3H3,(H,21,25);4-6H2,1-3H3. The Morgan fingerprint density at radius 1 is 0.882 bits per heavy atom. The number of nitrogens with one attached hydrogen (secondary N) is 1. The third-order valence-corrected chi connectivity index (χ3v) is 7.73. The molecule has 0 aliphatic heterocycles. The van der Waals surface area contributed by atoms with E-state index in [-0.39, 0.29) is 5.56 Å². The lowest BCUT2D eigenvalue weighted by Gasteiger charge is -2.13. The van der Waals surface area contributed by atoms with E-state index >= 15 is 0 Å². The average molecular weight is 513 g/mol. The van der Waals surface area contributed by atoms with E-state index in [2.05, 4.69) is 56.6 Å². The van der Waals surface area contributed by atoms with Crippen molar-refractivity contribution in [3.05, 3.63) is 78.2 Å². The first-order chi connectivity index (χ1) is 16.2.